The van der Waals surface area contributed by atoms with Gasteiger partial charge < -0.3 is 4.74 Å². The van der Waals surface area contributed by atoms with Gasteiger partial charge >= 0.3 is 6.36 Å². The summed E-state index contributed by atoms with van der Waals surface area (Å²) in [6, 6.07) is 0. The standard InChI is InChI=1S/C8H7BrF3O/c9-5-6-3-1-2-4-7(6)13-8(10,11)12/h1,3-4H,2,5H2. The van der Waals surface area contributed by atoms with E-state index >= 15 is 0 Å². The number of rotatable bonds is 2. The second-order valence-corrected chi connectivity index (χ2v) is 2.97. The molecule has 1 aliphatic carbocycles. The predicted octanol–water partition coefficient (Wildman–Crippen LogP) is 3.34. The van der Waals surface area contributed by atoms with Gasteiger partial charge in [0.05, 0.1) is 0 Å². The summed E-state index contributed by atoms with van der Waals surface area (Å²) in [5.41, 5.74) is 0.503. The molecule has 0 fully saturated rings. The molecule has 0 spiro atoms. The van der Waals surface area contributed by atoms with Crippen molar-refractivity contribution >= 4 is 15.9 Å². The van der Waals surface area contributed by atoms with Crippen LogP contribution in [-0.4, -0.2) is 11.7 Å². The molecule has 0 atom stereocenters. The molecule has 1 rings (SSSR count). The molecule has 73 valence electrons. The zero-order valence-electron chi connectivity index (χ0n) is 6.57. The van der Waals surface area contributed by atoms with Gasteiger partial charge in [0, 0.05) is 10.9 Å². The number of ether oxygens (including phenoxy) is 1. The Morgan fingerprint density at radius 2 is 2.15 bits per heavy atom. The number of alkyl halides is 4. The minimum atomic E-state index is -4.61. The Labute approximate surface area is 82.4 Å². The van der Waals surface area contributed by atoms with E-state index in [1.54, 1.807) is 12.5 Å². The molecular formula is C8H7BrF3O. The van der Waals surface area contributed by atoms with Gasteiger partial charge in [-0.2, -0.15) is 0 Å². The number of halogens is 4. The molecule has 0 saturated heterocycles. The molecule has 0 heterocycles. The van der Waals surface area contributed by atoms with Crippen molar-refractivity contribution in [1.29, 1.82) is 0 Å². The van der Waals surface area contributed by atoms with Crippen LogP contribution in [0.5, 0.6) is 0 Å². The van der Waals surface area contributed by atoms with Crippen LogP contribution in [0.3, 0.4) is 0 Å². The lowest BCUT2D eigenvalue weighted by Gasteiger charge is -2.16. The smallest absolute Gasteiger partial charge is 0.406 e. The highest BCUT2D eigenvalue weighted by molar-refractivity contribution is 9.09. The SMILES string of the molecule is FC(F)(F)OC1=CC[CH]C=C1CBr. The Kier molecular flexibility index (Phi) is 3.41. The van der Waals surface area contributed by atoms with Crippen molar-refractivity contribution in [2.75, 3.05) is 5.33 Å². The van der Waals surface area contributed by atoms with Crippen LogP contribution in [0, 0.1) is 6.42 Å². The number of hydrogen-bond donors (Lipinski definition) is 0. The summed E-state index contributed by atoms with van der Waals surface area (Å²) in [5.74, 6) is -0.105. The van der Waals surface area contributed by atoms with Gasteiger partial charge in [-0.25, -0.2) is 0 Å². The Morgan fingerprint density at radius 1 is 1.46 bits per heavy atom. The zero-order valence-corrected chi connectivity index (χ0v) is 8.15. The molecule has 0 N–H and O–H groups in total. The Bertz CT molecular complexity index is 242. The van der Waals surface area contributed by atoms with Gasteiger partial charge in [0.2, 0.25) is 0 Å². The van der Waals surface area contributed by atoms with Gasteiger partial charge in [-0.15, -0.1) is 13.2 Å². The van der Waals surface area contributed by atoms with E-state index in [1.807, 2.05) is 0 Å². The van der Waals surface area contributed by atoms with E-state index in [-0.39, 0.29) is 5.76 Å². The lowest BCUT2D eigenvalue weighted by molar-refractivity contribution is -0.304. The van der Waals surface area contributed by atoms with E-state index in [9.17, 15) is 13.2 Å². The summed E-state index contributed by atoms with van der Waals surface area (Å²) in [5, 5.41) is 0.353. The molecule has 1 radical (unpaired) electrons. The third kappa shape index (κ3) is 3.42. The van der Waals surface area contributed by atoms with Crippen molar-refractivity contribution in [3.63, 3.8) is 0 Å². The summed E-state index contributed by atoms with van der Waals surface area (Å²) < 4.78 is 39.3. The van der Waals surface area contributed by atoms with E-state index in [2.05, 4.69) is 20.7 Å². The normalized spacial score (nSPS) is 17.8. The molecule has 5 heteroatoms. The topological polar surface area (TPSA) is 9.23 Å². The third-order valence-electron chi connectivity index (χ3n) is 1.44. The second-order valence-electron chi connectivity index (χ2n) is 2.41. The fourth-order valence-corrected chi connectivity index (χ4v) is 1.40. The maximum absolute atomic E-state index is 11.8. The Balaban J connectivity index is 2.68. The second kappa shape index (κ2) is 4.17. The fraction of sp³-hybridized carbons (Fsp3) is 0.375. The molecule has 0 saturated carbocycles. The highest BCUT2D eigenvalue weighted by Crippen LogP contribution is 2.28. The Morgan fingerprint density at radius 3 is 2.69 bits per heavy atom. The molecule has 13 heavy (non-hydrogen) atoms. The van der Waals surface area contributed by atoms with Gasteiger partial charge in [0.15, 0.2) is 0 Å². The van der Waals surface area contributed by atoms with Gasteiger partial charge in [0.1, 0.15) is 5.76 Å². The molecule has 0 amide bonds. The fourth-order valence-electron chi connectivity index (χ4n) is 0.941. The summed E-state index contributed by atoms with van der Waals surface area (Å²) in [7, 11) is 0. The maximum atomic E-state index is 11.8. The average molecular weight is 256 g/mol. The predicted molar refractivity (Wildman–Crippen MR) is 46.0 cm³/mol. The summed E-state index contributed by atoms with van der Waals surface area (Å²) in [6.45, 7) is 0. The van der Waals surface area contributed by atoms with Gasteiger partial charge in [-0.1, -0.05) is 22.0 Å². The highest BCUT2D eigenvalue weighted by Gasteiger charge is 2.33. The van der Waals surface area contributed by atoms with Crippen LogP contribution in [0.1, 0.15) is 6.42 Å². The lowest BCUT2D eigenvalue weighted by Crippen LogP contribution is -2.15. The quantitative estimate of drug-likeness (QED) is 0.688. The lowest BCUT2D eigenvalue weighted by atomic mass is 10.1. The van der Waals surface area contributed by atoms with Crippen LogP contribution in [0.25, 0.3) is 0 Å². The van der Waals surface area contributed by atoms with Crippen molar-refractivity contribution in [1.82, 2.24) is 0 Å². The molecule has 0 aromatic rings. The average Bonchev–Trinajstić information content (AvgIpc) is 2.02. The van der Waals surface area contributed by atoms with Crippen molar-refractivity contribution in [3.05, 3.63) is 29.9 Å². The summed E-state index contributed by atoms with van der Waals surface area (Å²) in [6.07, 6.45) is 0.673. The van der Waals surface area contributed by atoms with Gasteiger partial charge in [-0.3, -0.25) is 0 Å². The molecule has 0 aromatic heterocycles. The van der Waals surface area contributed by atoms with Crippen molar-refractivity contribution in [2.24, 2.45) is 0 Å². The summed E-state index contributed by atoms with van der Waals surface area (Å²) in [4.78, 5) is 0. The molecule has 1 aliphatic rings. The third-order valence-corrected chi connectivity index (χ3v) is 2.05. The van der Waals surface area contributed by atoms with Crippen LogP contribution in [0.2, 0.25) is 0 Å². The first kappa shape index (κ1) is 10.6. The highest BCUT2D eigenvalue weighted by atomic mass is 79.9. The van der Waals surface area contributed by atoms with Crippen LogP contribution in [0.15, 0.2) is 23.5 Å². The van der Waals surface area contributed by atoms with Crippen LogP contribution < -0.4 is 0 Å². The van der Waals surface area contributed by atoms with E-state index < -0.39 is 6.36 Å². The van der Waals surface area contributed by atoms with Crippen LogP contribution in [-0.2, 0) is 4.74 Å². The Hall–Kier alpha value is -0.450. The minimum absolute atomic E-state index is 0.105. The van der Waals surface area contributed by atoms with Crippen LogP contribution >= 0.6 is 15.9 Å². The molecule has 0 aromatic carbocycles. The van der Waals surface area contributed by atoms with E-state index in [4.69, 9.17) is 0 Å². The first-order valence-electron chi connectivity index (χ1n) is 3.57. The van der Waals surface area contributed by atoms with Crippen LogP contribution in [0.4, 0.5) is 13.2 Å². The molecule has 1 nitrogen and oxygen atoms in total. The van der Waals surface area contributed by atoms with Gasteiger partial charge in [0.25, 0.3) is 0 Å². The first-order chi connectivity index (χ1) is 6.03. The first-order valence-corrected chi connectivity index (χ1v) is 4.69. The van der Waals surface area contributed by atoms with Crippen molar-refractivity contribution in [2.45, 2.75) is 12.8 Å². The van der Waals surface area contributed by atoms with Crippen molar-refractivity contribution < 1.29 is 17.9 Å². The molecule has 0 bridgehead atoms. The monoisotopic (exact) mass is 255 g/mol. The van der Waals surface area contributed by atoms with Crippen molar-refractivity contribution in [3.8, 4) is 0 Å². The molecule has 0 aliphatic heterocycles. The van der Waals surface area contributed by atoms with E-state index in [1.165, 1.54) is 6.08 Å². The maximum Gasteiger partial charge on any atom is 0.573 e. The van der Waals surface area contributed by atoms with Gasteiger partial charge in [-0.05, 0) is 18.9 Å². The minimum Gasteiger partial charge on any atom is -0.406 e. The number of hydrogen-bond acceptors (Lipinski definition) is 1. The molecule has 0 unspecified atom stereocenters. The number of allylic oxidation sites excluding steroid dienone is 3. The van der Waals surface area contributed by atoms with E-state index in [0.29, 0.717) is 17.3 Å². The zero-order chi connectivity index (χ0) is 9.90. The largest absolute Gasteiger partial charge is 0.573 e. The van der Waals surface area contributed by atoms with E-state index in [0.717, 1.165) is 0 Å². The molecular weight excluding hydrogens is 249 g/mol. The summed E-state index contributed by atoms with van der Waals surface area (Å²) >= 11 is 3.08.